The van der Waals surface area contributed by atoms with E-state index in [1.54, 1.807) is 17.4 Å². The molecule has 1 aromatic carbocycles. The van der Waals surface area contributed by atoms with Crippen LogP contribution in [0.25, 0.3) is 0 Å². The lowest BCUT2D eigenvalue weighted by Gasteiger charge is -2.06. The molecule has 0 bridgehead atoms. The Balaban J connectivity index is 2.01. The molecule has 0 aliphatic heterocycles. The Bertz CT molecular complexity index is 543. The predicted octanol–water partition coefficient (Wildman–Crippen LogP) is 3.71. The summed E-state index contributed by atoms with van der Waals surface area (Å²) in [4.78, 5) is 11.7. The molecular formula is C12H11BrN2O2S. The topological polar surface area (TPSA) is 55.2 Å². The molecule has 0 saturated carbocycles. The molecule has 1 N–H and O–H groups in total. The van der Waals surface area contributed by atoms with Crippen LogP contribution in [0.1, 0.15) is 10.4 Å². The number of thiophene rings is 1. The van der Waals surface area contributed by atoms with E-state index in [0.717, 1.165) is 12.1 Å². The van der Waals surface area contributed by atoms with Gasteiger partial charge in [-0.05, 0) is 32.9 Å². The van der Waals surface area contributed by atoms with Crippen LogP contribution in [0.4, 0.5) is 5.69 Å². The van der Waals surface area contributed by atoms with Crippen LogP contribution < -0.4 is 5.32 Å². The van der Waals surface area contributed by atoms with E-state index in [-0.39, 0.29) is 10.6 Å². The maximum atomic E-state index is 10.8. The van der Waals surface area contributed by atoms with Gasteiger partial charge in [0.05, 0.1) is 9.40 Å². The quantitative estimate of drug-likeness (QED) is 0.673. The number of nitro benzene ring substituents is 1. The van der Waals surface area contributed by atoms with Gasteiger partial charge in [-0.3, -0.25) is 10.1 Å². The zero-order valence-corrected chi connectivity index (χ0v) is 11.8. The van der Waals surface area contributed by atoms with Crippen LogP contribution in [0.3, 0.4) is 0 Å². The molecular weight excluding hydrogens is 316 g/mol. The second-order valence-corrected chi connectivity index (χ2v) is 5.52. The molecule has 0 fully saturated rings. The predicted molar refractivity (Wildman–Crippen MR) is 75.7 cm³/mol. The first kappa shape index (κ1) is 13.2. The van der Waals surface area contributed by atoms with E-state index in [2.05, 4.69) is 27.3 Å². The SMILES string of the molecule is O=[N+]([O-])c1cccc(CNCc2cccs2)c1Br. The number of benzene rings is 1. The van der Waals surface area contributed by atoms with Crippen LogP contribution >= 0.6 is 27.3 Å². The van der Waals surface area contributed by atoms with Crippen molar-refractivity contribution in [2.24, 2.45) is 0 Å². The Kier molecular flexibility index (Phi) is 4.46. The maximum Gasteiger partial charge on any atom is 0.283 e. The summed E-state index contributed by atoms with van der Waals surface area (Å²) in [6, 6.07) is 9.13. The van der Waals surface area contributed by atoms with Gasteiger partial charge in [0, 0.05) is 24.0 Å². The minimum Gasteiger partial charge on any atom is -0.308 e. The zero-order chi connectivity index (χ0) is 13.0. The normalized spacial score (nSPS) is 10.5. The highest BCUT2D eigenvalue weighted by atomic mass is 79.9. The number of halogens is 1. The van der Waals surface area contributed by atoms with Crippen LogP contribution in [0.15, 0.2) is 40.2 Å². The minimum absolute atomic E-state index is 0.102. The molecule has 1 heterocycles. The first-order valence-electron chi connectivity index (χ1n) is 5.33. The number of rotatable bonds is 5. The van der Waals surface area contributed by atoms with Crippen molar-refractivity contribution < 1.29 is 4.92 Å². The molecule has 2 rings (SSSR count). The molecule has 0 aliphatic rings. The Hall–Kier alpha value is -1.24. The van der Waals surface area contributed by atoms with Crippen molar-refractivity contribution >= 4 is 33.0 Å². The fraction of sp³-hybridized carbons (Fsp3) is 0.167. The molecule has 0 saturated heterocycles. The van der Waals surface area contributed by atoms with Crippen molar-refractivity contribution in [2.75, 3.05) is 0 Å². The van der Waals surface area contributed by atoms with E-state index in [0.29, 0.717) is 11.0 Å². The largest absolute Gasteiger partial charge is 0.308 e. The summed E-state index contributed by atoms with van der Waals surface area (Å²) in [5, 5.41) is 16.1. The third-order valence-corrected chi connectivity index (χ3v) is 4.24. The van der Waals surface area contributed by atoms with E-state index >= 15 is 0 Å². The molecule has 1 aromatic heterocycles. The van der Waals surface area contributed by atoms with E-state index in [4.69, 9.17) is 0 Å². The Morgan fingerprint density at radius 1 is 1.28 bits per heavy atom. The summed E-state index contributed by atoms with van der Waals surface area (Å²) in [7, 11) is 0. The molecule has 4 nitrogen and oxygen atoms in total. The standard InChI is InChI=1S/C12H11BrN2O2S/c13-12-9(3-1-5-11(12)15(16)17)7-14-8-10-4-2-6-18-10/h1-6,14H,7-8H2. The van der Waals surface area contributed by atoms with E-state index < -0.39 is 0 Å². The lowest BCUT2D eigenvalue weighted by molar-refractivity contribution is -0.385. The third-order valence-electron chi connectivity index (χ3n) is 2.45. The number of hydrogen-bond donors (Lipinski definition) is 1. The number of nitrogens with one attached hydrogen (secondary N) is 1. The van der Waals surface area contributed by atoms with Crippen molar-refractivity contribution in [1.29, 1.82) is 0 Å². The van der Waals surface area contributed by atoms with Crippen molar-refractivity contribution in [3.63, 3.8) is 0 Å². The van der Waals surface area contributed by atoms with E-state index in [1.807, 2.05) is 17.5 Å². The van der Waals surface area contributed by atoms with Gasteiger partial charge >= 0.3 is 0 Å². The molecule has 6 heteroatoms. The van der Waals surface area contributed by atoms with Gasteiger partial charge in [-0.2, -0.15) is 0 Å². The zero-order valence-electron chi connectivity index (χ0n) is 9.43. The van der Waals surface area contributed by atoms with E-state index in [9.17, 15) is 10.1 Å². The van der Waals surface area contributed by atoms with Crippen LogP contribution in [-0.2, 0) is 13.1 Å². The second kappa shape index (κ2) is 6.08. The Morgan fingerprint density at radius 2 is 2.11 bits per heavy atom. The summed E-state index contributed by atoms with van der Waals surface area (Å²) >= 11 is 4.97. The number of nitro groups is 1. The highest BCUT2D eigenvalue weighted by Crippen LogP contribution is 2.28. The Morgan fingerprint density at radius 3 is 2.78 bits per heavy atom. The van der Waals surface area contributed by atoms with Crippen molar-refractivity contribution in [3.05, 3.63) is 60.7 Å². The first-order chi connectivity index (χ1) is 8.68. The highest BCUT2D eigenvalue weighted by molar-refractivity contribution is 9.10. The summed E-state index contributed by atoms with van der Waals surface area (Å²) in [5.41, 5.74) is 0.992. The smallest absolute Gasteiger partial charge is 0.283 e. The second-order valence-electron chi connectivity index (χ2n) is 3.69. The number of hydrogen-bond acceptors (Lipinski definition) is 4. The van der Waals surface area contributed by atoms with Crippen LogP contribution in [0.5, 0.6) is 0 Å². The average molecular weight is 327 g/mol. The van der Waals surface area contributed by atoms with Gasteiger partial charge in [-0.25, -0.2) is 0 Å². The van der Waals surface area contributed by atoms with Gasteiger partial charge < -0.3 is 5.32 Å². The fourth-order valence-corrected chi connectivity index (χ4v) is 2.80. The minimum atomic E-state index is -0.382. The summed E-state index contributed by atoms with van der Waals surface area (Å²) in [5.74, 6) is 0. The van der Waals surface area contributed by atoms with Gasteiger partial charge in [0.25, 0.3) is 5.69 Å². The third kappa shape index (κ3) is 3.16. The van der Waals surface area contributed by atoms with Gasteiger partial charge in [-0.15, -0.1) is 11.3 Å². The van der Waals surface area contributed by atoms with Crippen molar-refractivity contribution in [3.8, 4) is 0 Å². The molecule has 0 atom stereocenters. The van der Waals surface area contributed by atoms with Gasteiger partial charge in [0.1, 0.15) is 0 Å². The highest BCUT2D eigenvalue weighted by Gasteiger charge is 2.14. The average Bonchev–Trinajstić information content (AvgIpc) is 2.84. The molecule has 0 amide bonds. The van der Waals surface area contributed by atoms with Crippen molar-refractivity contribution in [1.82, 2.24) is 5.32 Å². The summed E-state index contributed by atoms with van der Waals surface area (Å²) < 4.78 is 0.550. The summed E-state index contributed by atoms with van der Waals surface area (Å²) in [6.07, 6.45) is 0. The van der Waals surface area contributed by atoms with Crippen LogP contribution in [-0.4, -0.2) is 4.92 Å². The molecule has 0 spiro atoms. The van der Waals surface area contributed by atoms with E-state index in [1.165, 1.54) is 10.9 Å². The molecule has 94 valence electrons. The van der Waals surface area contributed by atoms with Crippen molar-refractivity contribution in [2.45, 2.75) is 13.1 Å². The van der Waals surface area contributed by atoms with Crippen LogP contribution in [0, 0.1) is 10.1 Å². The Labute approximate surface area is 117 Å². The van der Waals surface area contributed by atoms with Gasteiger partial charge in [0.2, 0.25) is 0 Å². The molecule has 2 aromatic rings. The van der Waals surface area contributed by atoms with Crippen LogP contribution in [0.2, 0.25) is 0 Å². The van der Waals surface area contributed by atoms with Gasteiger partial charge in [-0.1, -0.05) is 18.2 Å². The van der Waals surface area contributed by atoms with Gasteiger partial charge in [0.15, 0.2) is 0 Å². The monoisotopic (exact) mass is 326 g/mol. The maximum absolute atomic E-state index is 10.8. The summed E-state index contributed by atoms with van der Waals surface area (Å²) in [6.45, 7) is 1.37. The molecule has 18 heavy (non-hydrogen) atoms. The lowest BCUT2D eigenvalue weighted by atomic mass is 10.2. The lowest BCUT2D eigenvalue weighted by Crippen LogP contribution is -2.12. The fourth-order valence-electron chi connectivity index (χ4n) is 1.58. The molecule has 0 radical (unpaired) electrons. The first-order valence-corrected chi connectivity index (χ1v) is 7.00. The number of nitrogens with zero attached hydrogens (tertiary/aromatic N) is 1. The molecule has 0 aliphatic carbocycles. The molecule has 0 unspecified atom stereocenters.